The molecule has 1 unspecified atom stereocenters. The summed E-state index contributed by atoms with van der Waals surface area (Å²) in [5.41, 5.74) is 0. The number of nitrogens with zero attached hydrogens (tertiary/aromatic N) is 1. The molecule has 0 spiro atoms. The van der Waals surface area contributed by atoms with Crippen molar-refractivity contribution in [3.8, 4) is 0 Å². The lowest BCUT2D eigenvalue weighted by atomic mass is 10.0. The summed E-state index contributed by atoms with van der Waals surface area (Å²) >= 11 is 0. The van der Waals surface area contributed by atoms with E-state index in [9.17, 15) is 4.79 Å². The van der Waals surface area contributed by atoms with Crippen LogP contribution in [0.15, 0.2) is 0 Å². The van der Waals surface area contributed by atoms with Gasteiger partial charge in [0.05, 0.1) is 0 Å². The summed E-state index contributed by atoms with van der Waals surface area (Å²) in [7, 11) is 4.10. The van der Waals surface area contributed by atoms with Crippen LogP contribution >= 0.6 is 0 Å². The average molecular weight is 412 g/mol. The van der Waals surface area contributed by atoms with Gasteiger partial charge in [-0.25, -0.2) is 0 Å². The van der Waals surface area contributed by atoms with Gasteiger partial charge in [0.2, 0.25) is 0 Å². The van der Waals surface area contributed by atoms with E-state index in [1.54, 1.807) is 0 Å². The van der Waals surface area contributed by atoms with Crippen LogP contribution < -0.4 is 0 Å². The molecule has 0 radical (unpaired) electrons. The Morgan fingerprint density at radius 1 is 0.655 bits per heavy atom. The third kappa shape index (κ3) is 21.9. The molecule has 1 atom stereocenters. The number of rotatable bonds is 22. The minimum Gasteiger partial charge on any atom is -0.462 e. The molecule has 0 rings (SSSR count). The summed E-state index contributed by atoms with van der Waals surface area (Å²) in [6.45, 7) is 5.49. The van der Waals surface area contributed by atoms with Gasteiger partial charge in [-0.1, -0.05) is 97.3 Å². The lowest BCUT2D eigenvalue weighted by Gasteiger charge is -2.18. The van der Waals surface area contributed by atoms with Crippen LogP contribution in [0, 0.1) is 0 Å². The van der Waals surface area contributed by atoms with Crippen molar-refractivity contribution in [3.05, 3.63) is 0 Å². The van der Waals surface area contributed by atoms with Gasteiger partial charge in [0.25, 0.3) is 0 Å². The Morgan fingerprint density at radius 3 is 1.48 bits per heavy atom. The maximum Gasteiger partial charge on any atom is 0.306 e. The highest BCUT2D eigenvalue weighted by Crippen LogP contribution is 2.18. The second kappa shape index (κ2) is 22.1. The molecule has 0 aliphatic carbocycles. The summed E-state index contributed by atoms with van der Waals surface area (Å²) in [5.74, 6) is 0.0133. The topological polar surface area (TPSA) is 29.5 Å². The van der Waals surface area contributed by atoms with Crippen LogP contribution in [-0.2, 0) is 9.53 Å². The van der Waals surface area contributed by atoms with E-state index in [4.69, 9.17) is 4.74 Å². The summed E-state index contributed by atoms with van der Waals surface area (Å²) in [6, 6.07) is 0. The quantitative estimate of drug-likeness (QED) is 0.134. The Hall–Kier alpha value is -0.570. The van der Waals surface area contributed by atoms with Crippen LogP contribution in [0.25, 0.3) is 0 Å². The van der Waals surface area contributed by atoms with Crippen LogP contribution in [0.1, 0.15) is 136 Å². The summed E-state index contributed by atoms with van der Waals surface area (Å²) < 4.78 is 5.88. The van der Waals surface area contributed by atoms with Crippen molar-refractivity contribution < 1.29 is 9.53 Å². The van der Waals surface area contributed by atoms with Gasteiger partial charge in [-0.2, -0.15) is 0 Å². The molecular formula is C26H53NO2. The number of ether oxygens (including phenoxy) is 1. The molecule has 174 valence electrons. The molecule has 0 saturated heterocycles. The zero-order valence-corrected chi connectivity index (χ0v) is 20.5. The predicted octanol–water partition coefficient (Wildman–Crippen LogP) is 7.91. The zero-order valence-electron chi connectivity index (χ0n) is 20.5. The highest BCUT2D eigenvalue weighted by atomic mass is 16.5. The van der Waals surface area contributed by atoms with Crippen molar-refractivity contribution >= 4 is 5.97 Å². The number of hydrogen-bond acceptors (Lipinski definition) is 3. The van der Waals surface area contributed by atoms with Crippen LogP contribution in [0.5, 0.6) is 0 Å². The van der Waals surface area contributed by atoms with Gasteiger partial charge < -0.3 is 9.64 Å². The molecule has 0 fully saturated rings. The smallest absolute Gasteiger partial charge is 0.306 e. The molecule has 0 N–H and O–H groups in total. The highest BCUT2D eigenvalue weighted by molar-refractivity contribution is 5.69. The number of unbranched alkanes of at least 4 members (excludes halogenated alkanes) is 13. The monoisotopic (exact) mass is 411 g/mol. The first-order valence-electron chi connectivity index (χ1n) is 12.9. The normalized spacial score (nSPS) is 12.4. The number of carbonyl (C=O) groups excluding carboxylic acids is 1. The van der Waals surface area contributed by atoms with E-state index < -0.39 is 0 Å². The standard InChI is InChI=1S/C26H53NO2/c1-5-7-9-11-13-15-17-19-22-25(21-18-16-14-12-10-8-6-2)29-26(28)23-20-24-27(3)4/h25H,5-24H2,1-4H3. The van der Waals surface area contributed by atoms with Crippen LogP contribution in [0.3, 0.4) is 0 Å². The van der Waals surface area contributed by atoms with E-state index in [-0.39, 0.29) is 12.1 Å². The summed E-state index contributed by atoms with van der Waals surface area (Å²) in [4.78, 5) is 14.4. The maximum atomic E-state index is 12.2. The van der Waals surface area contributed by atoms with Crippen molar-refractivity contribution in [1.82, 2.24) is 4.90 Å². The minimum absolute atomic E-state index is 0.0133. The van der Waals surface area contributed by atoms with Crippen molar-refractivity contribution in [2.75, 3.05) is 20.6 Å². The van der Waals surface area contributed by atoms with Crippen molar-refractivity contribution in [2.45, 2.75) is 142 Å². The lowest BCUT2D eigenvalue weighted by Crippen LogP contribution is -2.20. The summed E-state index contributed by atoms with van der Waals surface area (Å²) in [6.07, 6.45) is 23.6. The van der Waals surface area contributed by atoms with Crippen LogP contribution in [0.2, 0.25) is 0 Å². The third-order valence-corrected chi connectivity index (χ3v) is 5.79. The van der Waals surface area contributed by atoms with Crippen molar-refractivity contribution in [2.24, 2.45) is 0 Å². The number of hydrogen-bond donors (Lipinski definition) is 0. The molecule has 0 aromatic carbocycles. The summed E-state index contributed by atoms with van der Waals surface area (Å²) in [5, 5.41) is 0. The molecule has 0 aliphatic rings. The Balaban J connectivity index is 4.02. The van der Waals surface area contributed by atoms with E-state index in [2.05, 4.69) is 32.8 Å². The SMILES string of the molecule is CCCCCCCCCCC(CCCCCCCCC)OC(=O)CCCN(C)C. The van der Waals surface area contributed by atoms with Crippen molar-refractivity contribution in [1.29, 1.82) is 0 Å². The Labute approximate surface area is 183 Å². The van der Waals surface area contributed by atoms with E-state index in [0.29, 0.717) is 6.42 Å². The Kier molecular flexibility index (Phi) is 21.7. The van der Waals surface area contributed by atoms with Crippen LogP contribution in [-0.4, -0.2) is 37.6 Å². The fourth-order valence-corrected chi connectivity index (χ4v) is 3.88. The van der Waals surface area contributed by atoms with Crippen LogP contribution in [0.4, 0.5) is 0 Å². The molecule has 0 aliphatic heterocycles. The zero-order chi connectivity index (χ0) is 21.6. The highest BCUT2D eigenvalue weighted by Gasteiger charge is 2.14. The van der Waals surface area contributed by atoms with Gasteiger partial charge >= 0.3 is 5.97 Å². The second-order valence-corrected chi connectivity index (χ2v) is 9.19. The van der Waals surface area contributed by atoms with Gasteiger partial charge in [-0.15, -0.1) is 0 Å². The van der Waals surface area contributed by atoms with Gasteiger partial charge in [-0.3, -0.25) is 4.79 Å². The number of esters is 1. The molecule has 0 amide bonds. The fourth-order valence-electron chi connectivity index (χ4n) is 3.88. The molecule has 0 aromatic heterocycles. The van der Waals surface area contributed by atoms with E-state index in [0.717, 1.165) is 25.8 Å². The molecule has 0 bridgehead atoms. The average Bonchev–Trinajstić information content (AvgIpc) is 2.68. The lowest BCUT2D eigenvalue weighted by molar-refractivity contribution is -0.150. The minimum atomic E-state index is 0.0133. The fraction of sp³-hybridized carbons (Fsp3) is 0.962. The molecule has 29 heavy (non-hydrogen) atoms. The first-order valence-corrected chi connectivity index (χ1v) is 12.9. The van der Waals surface area contributed by atoms with Gasteiger partial charge in [0.1, 0.15) is 6.10 Å². The maximum absolute atomic E-state index is 12.2. The molecule has 3 nitrogen and oxygen atoms in total. The Morgan fingerprint density at radius 2 is 1.07 bits per heavy atom. The predicted molar refractivity (Wildman–Crippen MR) is 128 cm³/mol. The first kappa shape index (κ1) is 28.4. The largest absolute Gasteiger partial charge is 0.462 e. The Bertz CT molecular complexity index is 344. The van der Waals surface area contributed by atoms with Crippen molar-refractivity contribution in [3.63, 3.8) is 0 Å². The number of carbonyl (C=O) groups is 1. The molecule has 0 aromatic rings. The molecular weight excluding hydrogens is 358 g/mol. The molecule has 0 saturated carbocycles. The van der Waals surface area contributed by atoms with E-state index in [1.807, 2.05) is 0 Å². The van der Waals surface area contributed by atoms with E-state index >= 15 is 0 Å². The second-order valence-electron chi connectivity index (χ2n) is 9.19. The van der Waals surface area contributed by atoms with Gasteiger partial charge in [0, 0.05) is 6.42 Å². The van der Waals surface area contributed by atoms with Gasteiger partial charge in [-0.05, 0) is 52.7 Å². The molecule has 3 heteroatoms. The third-order valence-electron chi connectivity index (χ3n) is 5.79. The first-order chi connectivity index (χ1) is 14.1. The molecule has 0 heterocycles. The van der Waals surface area contributed by atoms with Gasteiger partial charge in [0.15, 0.2) is 0 Å². The van der Waals surface area contributed by atoms with E-state index in [1.165, 1.54) is 96.3 Å².